The van der Waals surface area contributed by atoms with Crippen molar-refractivity contribution in [1.82, 2.24) is 5.32 Å². The summed E-state index contributed by atoms with van der Waals surface area (Å²) in [5, 5.41) is 2.18. The standard InChI is InChI=1S/C9H7F2NO2/c1-12-9(14)5-2-3-7(10)6(4-13)8(5)11/h2-4H,1H3,(H,12,14). The van der Waals surface area contributed by atoms with E-state index in [0.29, 0.717) is 0 Å². The van der Waals surface area contributed by atoms with Crippen molar-refractivity contribution >= 4 is 12.2 Å². The molecule has 1 N–H and O–H groups in total. The van der Waals surface area contributed by atoms with Crippen LogP contribution in [0.5, 0.6) is 0 Å². The first-order chi connectivity index (χ1) is 6.61. The van der Waals surface area contributed by atoms with E-state index >= 15 is 0 Å². The number of amides is 1. The van der Waals surface area contributed by atoms with Gasteiger partial charge in [0, 0.05) is 7.05 Å². The molecule has 0 radical (unpaired) electrons. The van der Waals surface area contributed by atoms with Gasteiger partial charge in [-0.05, 0) is 12.1 Å². The molecule has 14 heavy (non-hydrogen) atoms. The molecular weight excluding hydrogens is 192 g/mol. The molecule has 0 aliphatic heterocycles. The Balaban J connectivity index is 3.35. The largest absolute Gasteiger partial charge is 0.355 e. The third kappa shape index (κ3) is 1.61. The molecule has 0 spiro atoms. The van der Waals surface area contributed by atoms with Gasteiger partial charge in [-0.2, -0.15) is 0 Å². The van der Waals surface area contributed by atoms with Crippen LogP contribution in [0.3, 0.4) is 0 Å². The normalized spacial score (nSPS) is 9.64. The lowest BCUT2D eigenvalue weighted by molar-refractivity contribution is 0.0959. The zero-order valence-corrected chi connectivity index (χ0v) is 7.30. The molecule has 0 saturated carbocycles. The molecule has 0 aromatic heterocycles. The fraction of sp³-hybridized carbons (Fsp3) is 0.111. The molecule has 1 aromatic rings. The molecule has 1 amide bonds. The first-order valence-electron chi connectivity index (χ1n) is 3.77. The number of carbonyl (C=O) groups is 2. The zero-order chi connectivity index (χ0) is 10.7. The highest BCUT2D eigenvalue weighted by atomic mass is 19.1. The summed E-state index contributed by atoms with van der Waals surface area (Å²) < 4.78 is 26.0. The van der Waals surface area contributed by atoms with Gasteiger partial charge in [-0.3, -0.25) is 9.59 Å². The van der Waals surface area contributed by atoms with E-state index in [-0.39, 0.29) is 11.8 Å². The second kappa shape index (κ2) is 3.95. The second-order valence-electron chi connectivity index (χ2n) is 2.52. The van der Waals surface area contributed by atoms with Crippen LogP contribution in [0, 0.1) is 11.6 Å². The Hall–Kier alpha value is -1.78. The molecule has 0 fully saturated rings. The van der Waals surface area contributed by atoms with Gasteiger partial charge in [0.05, 0.1) is 11.1 Å². The van der Waals surface area contributed by atoms with Crippen molar-refractivity contribution < 1.29 is 18.4 Å². The summed E-state index contributed by atoms with van der Waals surface area (Å²) in [5.41, 5.74) is -1.08. The van der Waals surface area contributed by atoms with Gasteiger partial charge in [0.25, 0.3) is 5.91 Å². The van der Waals surface area contributed by atoms with Gasteiger partial charge in [0.2, 0.25) is 0 Å². The summed E-state index contributed by atoms with van der Waals surface area (Å²) in [5.74, 6) is -2.82. The molecule has 74 valence electrons. The highest BCUT2D eigenvalue weighted by molar-refractivity contribution is 5.96. The molecule has 0 atom stereocenters. The third-order valence-electron chi connectivity index (χ3n) is 1.72. The minimum absolute atomic E-state index is 0.0388. The number of benzene rings is 1. The van der Waals surface area contributed by atoms with Crippen LogP contribution in [0.1, 0.15) is 20.7 Å². The van der Waals surface area contributed by atoms with Gasteiger partial charge in [0.1, 0.15) is 11.6 Å². The third-order valence-corrected chi connectivity index (χ3v) is 1.72. The average molecular weight is 199 g/mol. The van der Waals surface area contributed by atoms with Gasteiger partial charge in [-0.25, -0.2) is 8.78 Å². The lowest BCUT2D eigenvalue weighted by Crippen LogP contribution is -2.20. The Morgan fingerprint density at radius 1 is 1.43 bits per heavy atom. The molecule has 0 unspecified atom stereocenters. The number of carbonyl (C=O) groups excluding carboxylic acids is 2. The van der Waals surface area contributed by atoms with Crippen LogP contribution in [-0.4, -0.2) is 19.2 Å². The predicted octanol–water partition coefficient (Wildman–Crippen LogP) is 1.14. The van der Waals surface area contributed by atoms with E-state index < -0.39 is 23.1 Å². The summed E-state index contributed by atoms with van der Waals surface area (Å²) in [6.07, 6.45) is 0.0388. The maximum Gasteiger partial charge on any atom is 0.254 e. The van der Waals surface area contributed by atoms with Gasteiger partial charge < -0.3 is 5.32 Å². The van der Waals surface area contributed by atoms with Gasteiger partial charge in [-0.1, -0.05) is 0 Å². The van der Waals surface area contributed by atoms with Crippen LogP contribution in [0.2, 0.25) is 0 Å². The van der Waals surface area contributed by atoms with Gasteiger partial charge in [0.15, 0.2) is 6.29 Å². The lowest BCUT2D eigenvalue weighted by atomic mass is 10.1. The number of rotatable bonds is 2. The van der Waals surface area contributed by atoms with E-state index in [0.717, 1.165) is 12.1 Å². The number of halogens is 2. The van der Waals surface area contributed by atoms with Crippen LogP contribution < -0.4 is 5.32 Å². The number of hydrogen-bond donors (Lipinski definition) is 1. The van der Waals surface area contributed by atoms with Crippen molar-refractivity contribution in [2.24, 2.45) is 0 Å². The first kappa shape index (κ1) is 10.3. The van der Waals surface area contributed by atoms with Crippen LogP contribution in [0.4, 0.5) is 8.78 Å². The molecular formula is C9H7F2NO2. The molecule has 3 nitrogen and oxygen atoms in total. The van der Waals surface area contributed by atoms with Crippen molar-refractivity contribution in [3.8, 4) is 0 Å². The monoisotopic (exact) mass is 199 g/mol. The van der Waals surface area contributed by atoms with Crippen LogP contribution in [0.25, 0.3) is 0 Å². The summed E-state index contributed by atoms with van der Waals surface area (Å²) in [6, 6.07) is 1.86. The molecule has 0 heterocycles. The summed E-state index contributed by atoms with van der Waals surface area (Å²) in [4.78, 5) is 21.3. The van der Waals surface area contributed by atoms with Crippen LogP contribution in [0.15, 0.2) is 12.1 Å². The predicted molar refractivity (Wildman–Crippen MR) is 45.1 cm³/mol. The Morgan fingerprint density at radius 2 is 2.07 bits per heavy atom. The minimum atomic E-state index is -1.14. The van der Waals surface area contributed by atoms with Gasteiger partial charge in [-0.15, -0.1) is 0 Å². The van der Waals surface area contributed by atoms with E-state index in [1.54, 1.807) is 0 Å². The van der Waals surface area contributed by atoms with E-state index in [1.165, 1.54) is 7.05 Å². The Labute approximate surface area is 78.7 Å². The summed E-state index contributed by atoms with van der Waals surface area (Å²) in [6.45, 7) is 0. The zero-order valence-electron chi connectivity index (χ0n) is 7.30. The maximum absolute atomic E-state index is 13.2. The number of hydrogen-bond acceptors (Lipinski definition) is 2. The molecule has 1 rings (SSSR count). The Morgan fingerprint density at radius 3 is 2.57 bits per heavy atom. The molecule has 0 bridgehead atoms. The molecule has 0 saturated heterocycles. The first-order valence-corrected chi connectivity index (χ1v) is 3.77. The van der Waals surface area contributed by atoms with E-state index in [2.05, 4.69) is 5.32 Å². The van der Waals surface area contributed by atoms with Crippen molar-refractivity contribution in [3.05, 3.63) is 34.9 Å². The summed E-state index contributed by atoms with van der Waals surface area (Å²) >= 11 is 0. The van der Waals surface area contributed by atoms with E-state index in [9.17, 15) is 18.4 Å². The highest BCUT2D eigenvalue weighted by Gasteiger charge is 2.16. The fourth-order valence-corrected chi connectivity index (χ4v) is 0.987. The van der Waals surface area contributed by atoms with Crippen molar-refractivity contribution in [2.45, 2.75) is 0 Å². The van der Waals surface area contributed by atoms with Crippen molar-refractivity contribution in [2.75, 3.05) is 7.05 Å². The van der Waals surface area contributed by atoms with Crippen LogP contribution in [-0.2, 0) is 0 Å². The van der Waals surface area contributed by atoms with E-state index in [4.69, 9.17) is 0 Å². The highest BCUT2D eigenvalue weighted by Crippen LogP contribution is 2.14. The SMILES string of the molecule is CNC(=O)c1ccc(F)c(C=O)c1F. The molecule has 0 aliphatic rings. The molecule has 1 aromatic carbocycles. The van der Waals surface area contributed by atoms with Crippen molar-refractivity contribution in [3.63, 3.8) is 0 Å². The molecule has 0 aliphatic carbocycles. The smallest absolute Gasteiger partial charge is 0.254 e. The number of nitrogens with one attached hydrogen (secondary N) is 1. The maximum atomic E-state index is 13.2. The second-order valence-corrected chi connectivity index (χ2v) is 2.52. The molecule has 5 heteroatoms. The Bertz CT molecular complexity index is 391. The summed E-state index contributed by atoms with van der Waals surface area (Å²) in [7, 11) is 1.31. The lowest BCUT2D eigenvalue weighted by Gasteiger charge is -2.03. The Kier molecular flexibility index (Phi) is 2.91. The van der Waals surface area contributed by atoms with Crippen molar-refractivity contribution in [1.29, 1.82) is 0 Å². The van der Waals surface area contributed by atoms with Gasteiger partial charge >= 0.3 is 0 Å². The fourth-order valence-electron chi connectivity index (χ4n) is 0.987. The average Bonchev–Trinajstić information content (AvgIpc) is 2.18. The number of aldehydes is 1. The minimum Gasteiger partial charge on any atom is -0.355 e. The topological polar surface area (TPSA) is 46.2 Å². The van der Waals surface area contributed by atoms with E-state index in [1.807, 2.05) is 0 Å². The quantitative estimate of drug-likeness (QED) is 0.726. The van der Waals surface area contributed by atoms with Crippen LogP contribution >= 0.6 is 0 Å².